The first-order valence-corrected chi connectivity index (χ1v) is 7.10. The third kappa shape index (κ3) is 2.45. The lowest BCUT2D eigenvalue weighted by atomic mass is 10.4. The van der Waals surface area contributed by atoms with Gasteiger partial charge in [-0.2, -0.15) is 14.4 Å². The van der Waals surface area contributed by atoms with E-state index in [4.69, 9.17) is 4.74 Å². The number of nitrogens with one attached hydrogen (secondary N) is 1. The summed E-state index contributed by atoms with van der Waals surface area (Å²) in [4.78, 5) is 14.0. The highest BCUT2D eigenvalue weighted by Gasteiger charge is 2.36. The third-order valence-corrected chi connectivity index (χ3v) is 5.05. The molecule has 1 fully saturated rings. The van der Waals surface area contributed by atoms with E-state index in [0.29, 0.717) is 11.4 Å². The van der Waals surface area contributed by atoms with Gasteiger partial charge < -0.3 is 4.74 Å². The molecule has 1 N–H and O–H groups in total. The van der Waals surface area contributed by atoms with Crippen LogP contribution in [0.15, 0.2) is 9.89 Å². The van der Waals surface area contributed by atoms with Gasteiger partial charge in [-0.25, -0.2) is 13.2 Å². The first-order chi connectivity index (χ1) is 8.98. The zero-order chi connectivity index (χ0) is 14.0. The van der Waals surface area contributed by atoms with Gasteiger partial charge in [0.25, 0.3) is 0 Å². The number of aliphatic imine (C=N–C) groups is 1. The van der Waals surface area contributed by atoms with Crippen LogP contribution in [0.3, 0.4) is 0 Å². The standard InChI is InChI=1S/C10H14N4O4S/c1-7-10(8(2)13-12-7)19(16,17)14-3-4-18-5-9(14)11-6-15/h9H,3-5H2,1-2H3,(H,12,13). The maximum absolute atomic E-state index is 12.6. The van der Waals surface area contributed by atoms with Crippen molar-refractivity contribution in [2.45, 2.75) is 24.9 Å². The lowest BCUT2D eigenvalue weighted by molar-refractivity contribution is 0.0359. The van der Waals surface area contributed by atoms with E-state index in [2.05, 4.69) is 15.2 Å². The van der Waals surface area contributed by atoms with Gasteiger partial charge in [-0.15, -0.1) is 0 Å². The Kier molecular flexibility index (Phi) is 3.81. The van der Waals surface area contributed by atoms with Gasteiger partial charge in [0.15, 0.2) is 6.17 Å². The van der Waals surface area contributed by atoms with Crippen LogP contribution in [0.2, 0.25) is 0 Å². The second-order valence-electron chi connectivity index (χ2n) is 4.15. The average Bonchev–Trinajstić information content (AvgIpc) is 2.70. The Morgan fingerprint density at radius 1 is 1.53 bits per heavy atom. The number of morpholine rings is 1. The molecule has 1 aromatic heterocycles. The van der Waals surface area contributed by atoms with E-state index in [-0.39, 0.29) is 24.7 Å². The number of ether oxygens (including phenoxy) is 1. The second kappa shape index (κ2) is 5.22. The number of hydrogen-bond acceptors (Lipinski definition) is 6. The molecule has 2 heterocycles. The van der Waals surface area contributed by atoms with E-state index in [9.17, 15) is 13.2 Å². The predicted molar refractivity (Wildman–Crippen MR) is 64.7 cm³/mol. The fraction of sp³-hybridized carbons (Fsp3) is 0.600. The van der Waals surface area contributed by atoms with Gasteiger partial charge >= 0.3 is 0 Å². The predicted octanol–water partition coefficient (Wildman–Crippen LogP) is -0.291. The fourth-order valence-electron chi connectivity index (χ4n) is 2.06. The Morgan fingerprint density at radius 3 is 2.84 bits per heavy atom. The molecule has 1 unspecified atom stereocenters. The van der Waals surface area contributed by atoms with Crippen LogP contribution < -0.4 is 0 Å². The summed E-state index contributed by atoms with van der Waals surface area (Å²) in [5.74, 6) is 0. The van der Waals surface area contributed by atoms with Crippen molar-refractivity contribution in [2.24, 2.45) is 4.99 Å². The molecule has 1 aliphatic rings. The number of aromatic nitrogens is 2. The Bertz CT molecular complexity index is 598. The minimum atomic E-state index is -3.76. The monoisotopic (exact) mass is 286 g/mol. The molecule has 9 heteroatoms. The minimum Gasteiger partial charge on any atom is -0.376 e. The summed E-state index contributed by atoms with van der Waals surface area (Å²) in [5, 5.41) is 6.51. The van der Waals surface area contributed by atoms with Gasteiger partial charge in [0.05, 0.1) is 24.6 Å². The summed E-state index contributed by atoms with van der Waals surface area (Å²) in [6.07, 6.45) is 0.509. The quantitative estimate of drug-likeness (QED) is 0.607. The highest BCUT2D eigenvalue weighted by molar-refractivity contribution is 7.89. The lowest BCUT2D eigenvalue weighted by Gasteiger charge is -2.31. The molecule has 2 rings (SSSR count). The number of sulfonamides is 1. The molecule has 0 spiro atoms. The van der Waals surface area contributed by atoms with Crippen molar-refractivity contribution in [1.29, 1.82) is 0 Å². The highest BCUT2D eigenvalue weighted by atomic mass is 32.2. The second-order valence-corrected chi connectivity index (χ2v) is 5.98. The number of H-pyrrole nitrogens is 1. The molecule has 0 bridgehead atoms. The third-order valence-electron chi connectivity index (χ3n) is 2.88. The molecule has 1 saturated heterocycles. The summed E-state index contributed by atoms with van der Waals surface area (Å²) >= 11 is 0. The van der Waals surface area contributed by atoms with Gasteiger partial charge in [0.1, 0.15) is 4.90 Å². The molecule has 1 atom stereocenters. The Labute approximate surface area is 110 Å². The molecular weight excluding hydrogens is 272 g/mol. The maximum atomic E-state index is 12.6. The summed E-state index contributed by atoms with van der Waals surface area (Å²) in [5.41, 5.74) is 0.843. The van der Waals surface area contributed by atoms with Crippen LogP contribution in [-0.2, 0) is 19.6 Å². The fourth-order valence-corrected chi connectivity index (χ4v) is 3.89. The molecule has 0 aromatic carbocycles. The Morgan fingerprint density at radius 2 is 2.26 bits per heavy atom. The molecule has 1 aliphatic heterocycles. The van der Waals surface area contributed by atoms with Gasteiger partial charge in [-0.1, -0.05) is 0 Å². The number of hydrogen-bond donors (Lipinski definition) is 1. The summed E-state index contributed by atoms with van der Waals surface area (Å²) in [7, 11) is -3.76. The minimum absolute atomic E-state index is 0.0460. The number of carbonyl (C=O) groups excluding carboxylic acids is 1. The van der Waals surface area contributed by atoms with E-state index in [1.807, 2.05) is 0 Å². The Balaban J connectivity index is 2.46. The molecule has 19 heavy (non-hydrogen) atoms. The van der Waals surface area contributed by atoms with Gasteiger partial charge in [-0.05, 0) is 13.8 Å². The zero-order valence-electron chi connectivity index (χ0n) is 10.6. The largest absolute Gasteiger partial charge is 0.376 e. The zero-order valence-corrected chi connectivity index (χ0v) is 11.4. The van der Waals surface area contributed by atoms with Crippen LogP contribution in [0.4, 0.5) is 0 Å². The van der Waals surface area contributed by atoms with Crippen molar-refractivity contribution in [3.63, 3.8) is 0 Å². The summed E-state index contributed by atoms with van der Waals surface area (Å²) < 4.78 is 31.5. The molecule has 0 aliphatic carbocycles. The van der Waals surface area contributed by atoms with Crippen LogP contribution >= 0.6 is 0 Å². The van der Waals surface area contributed by atoms with E-state index < -0.39 is 16.2 Å². The van der Waals surface area contributed by atoms with Crippen LogP contribution in [-0.4, -0.2) is 54.9 Å². The molecule has 104 valence electrons. The first-order valence-electron chi connectivity index (χ1n) is 5.66. The van der Waals surface area contributed by atoms with Gasteiger partial charge in [0, 0.05) is 6.54 Å². The van der Waals surface area contributed by atoms with Crippen molar-refractivity contribution in [3.05, 3.63) is 11.4 Å². The number of aryl methyl sites for hydroxylation is 2. The van der Waals surface area contributed by atoms with E-state index in [1.54, 1.807) is 13.8 Å². The molecular formula is C10H14N4O4S. The van der Waals surface area contributed by atoms with Gasteiger partial charge in [-0.3, -0.25) is 5.10 Å². The summed E-state index contributed by atoms with van der Waals surface area (Å²) in [6.45, 7) is 3.69. The van der Waals surface area contributed by atoms with E-state index in [1.165, 1.54) is 6.08 Å². The maximum Gasteiger partial charge on any atom is 0.248 e. The molecule has 8 nitrogen and oxygen atoms in total. The van der Waals surface area contributed by atoms with Gasteiger partial charge in [0.2, 0.25) is 16.1 Å². The molecule has 1 aromatic rings. The van der Waals surface area contributed by atoms with Crippen LogP contribution in [0.25, 0.3) is 0 Å². The lowest BCUT2D eigenvalue weighted by Crippen LogP contribution is -2.47. The van der Waals surface area contributed by atoms with Crippen LogP contribution in [0, 0.1) is 13.8 Å². The number of isocyanates is 1. The van der Waals surface area contributed by atoms with Crippen molar-refractivity contribution in [2.75, 3.05) is 19.8 Å². The normalized spacial score (nSPS) is 21.1. The first kappa shape index (κ1) is 13.9. The van der Waals surface area contributed by atoms with Crippen LogP contribution in [0.1, 0.15) is 11.4 Å². The topological polar surface area (TPSA) is 105 Å². The van der Waals surface area contributed by atoms with Crippen molar-refractivity contribution in [3.8, 4) is 0 Å². The van der Waals surface area contributed by atoms with Crippen molar-refractivity contribution < 1.29 is 17.9 Å². The van der Waals surface area contributed by atoms with Crippen LogP contribution in [0.5, 0.6) is 0 Å². The van der Waals surface area contributed by atoms with E-state index >= 15 is 0 Å². The number of aromatic amines is 1. The van der Waals surface area contributed by atoms with Crippen molar-refractivity contribution in [1.82, 2.24) is 14.5 Å². The molecule has 0 saturated carbocycles. The highest BCUT2D eigenvalue weighted by Crippen LogP contribution is 2.25. The average molecular weight is 286 g/mol. The summed E-state index contributed by atoms with van der Waals surface area (Å²) in [6, 6.07) is 0. The number of rotatable bonds is 3. The SMILES string of the molecule is Cc1n[nH]c(C)c1S(=O)(=O)N1CCOCC1N=C=O. The van der Waals surface area contributed by atoms with Crippen molar-refractivity contribution >= 4 is 16.1 Å². The Hall–Kier alpha value is -1.54. The molecule has 0 radical (unpaired) electrons. The van der Waals surface area contributed by atoms with E-state index in [0.717, 1.165) is 4.31 Å². The molecule has 0 amide bonds. The number of nitrogens with zero attached hydrogens (tertiary/aromatic N) is 3. The smallest absolute Gasteiger partial charge is 0.248 e.